The molecule has 0 atom stereocenters. The van der Waals surface area contributed by atoms with E-state index >= 15 is 0 Å². The van der Waals surface area contributed by atoms with Crippen LogP contribution in [0.3, 0.4) is 0 Å². The maximum Gasteiger partial charge on any atom is 0.270 e. The lowest BCUT2D eigenvalue weighted by molar-refractivity contribution is 0.0944. The summed E-state index contributed by atoms with van der Waals surface area (Å²) in [6.45, 7) is 2.83. The maximum absolute atomic E-state index is 12.8. The molecule has 2 N–H and O–H groups in total. The van der Waals surface area contributed by atoms with Crippen molar-refractivity contribution in [2.75, 3.05) is 25.1 Å². The van der Waals surface area contributed by atoms with Crippen LogP contribution in [0.1, 0.15) is 28.7 Å². The molecule has 0 radical (unpaired) electrons. The average molecular weight is 421 g/mol. The number of carbonyl (C=O) groups is 1. The number of benzene rings is 1. The second-order valence-electron chi connectivity index (χ2n) is 6.45. The molecule has 2 heterocycles. The molecule has 1 amide bonds. The Hall–Kier alpha value is -2.28. The summed E-state index contributed by atoms with van der Waals surface area (Å²) in [6, 6.07) is 9.14. The van der Waals surface area contributed by atoms with Crippen molar-refractivity contribution >= 4 is 40.4 Å². The Morgan fingerprint density at radius 2 is 2.07 bits per heavy atom. The summed E-state index contributed by atoms with van der Waals surface area (Å²) in [4.78, 5) is 19.2. The van der Waals surface area contributed by atoms with Gasteiger partial charge in [-0.1, -0.05) is 36.2 Å². The van der Waals surface area contributed by atoms with Gasteiger partial charge in [0.15, 0.2) is 0 Å². The monoisotopic (exact) mass is 420 g/mol. The third kappa shape index (κ3) is 4.24. The number of aliphatic hydroxyl groups excluding tert-OH is 1. The summed E-state index contributed by atoms with van der Waals surface area (Å²) in [5.41, 5.74) is 3.61. The molecule has 0 aliphatic carbocycles. The van der Waals surface area contributed by atoms with Crippen molar-refractivity contribution in [2.45, 2.75) is 19.9 Å². The van der Waals surface area contributed by atoms with Crippen LogP contribution in [0.5, 0.6) is 0 Å². The Kier molecular flexibility index (Phi) is 6.44. The molecule has 8 heteroatoms. The number of nitrogens with one attached hydrogen (secondary N) is 1. The van der Waals surface area contributed by atoms with Gasteiger partial charge in [0.2, 0.25) is 0 Å². The number of amides is 1. The van der Waals surface area contributed by atoms with Crippen molar-refractivity contribution in [2.24, 2.45) is 0 Å². The van der Waals surface area contributed by atoms with E-state index in [1.165, 1.54) is 0 Å². The maximum atomic E-state index is 12.8. The minimum Gasteiger partial charge on any atom is -0.395 e. The molecule has 148 valence electrons. The number of anilines is 1. The number of hydrogen-bond donors (Lipinski definition) is 2. The number of hydrogen-bond acceptors (Lipinski definition) is 4. The molecule has 1 aromatic carbocycles. The summed E-state index contributed by atoms with van der Waals surface area (Å²) >= 11 is 12.4. The zero-order valence-electron chi connectivity index (χ0n) is 15.7. The highest BCUT2D eigenvalue weighted by Crippen LogP contribution is 2.26. The third-order valence-electron chi connectivity index (χ3n) is 4.52. The highest BCUT2D eigenvalue weighted by atomic mass is 35.5. The molecule has 0 unspecified atom stereocenters. The summed E-state index contributed by atoms with van der Waals surface area (Å²) in [6.07, 6.45) is 2.33. The fourth-order valence-electron chi connectivity index (χ4n) is 3.06. The molecule has 0 spiro atoms. The van der Waals surface area contributed by atoms with Gasteiger partial charge in [-0.3, -0.25) is 9.20 Å². The first-order valence-corrected chi connectivity index (χ1v) is 9.75. The summed E-state index contributed by atoms with van der Waals surface area (Å²) in [5.74, 6) is -0.218. The fourth-order valence-corrected chi connectivity index (χ4v) is 3.57. The van der Waals surface area contributed by atoms with E-state index in [-0.39, 0.29) is 12.5 Å². The number of pyridine rings is 1. The minimum absolute atomic E-state index is 0.0493. The number of halogens is 2. The Bertz CT molecular complexity index is 1000. The molecule has 3 rings (SSSR count). The summed E-state index contributed by atoms with van der Waals surface area (Å²) < 4.78 is 1.72. The van der Waals surface area contributed by atoms with Gasteiger partial charge in [0.25, 0.3) is 5.91 Å². The smallest absolute Gasteiger partial charge is 0.270 e. The molecular formula is C20H22Cl2N4O2. The highest BCUT2D eigenvalue weighted by Gasteiger charge is 2.18. The van der Waals surface area contributed by atoms with Crippen LogP contribution in [0.15, 0.2) is 36.5 Å². The van der Waals surface area contributed by atoms with E-state index < -0.39 is 0 Å². The van der Waals surface area contributed by atoms with E-state index in [0.29, 0.717) is 40.9 Å². The van der Waals surface area contributed by atoms with Gasteiger partial charge in [-0.05, 0) is 36.2 Å². The molecule has 6 nitrogen and oxygen atoms in total. The van der Waals surface area contributed by atoms with Crippen molar-refractivity contribution in [1.29, 1.82) is 0 Å². The van der Waals surface area contributed by atoms with Crippen molar-refractivity contribution in [3.63, 3.8) is 0 Å². The predicted molar refractivity (Wildman–Crippen MR) is 113 cm³/mol. The number of nitrogens with zero attached hydrogens (tertiary/aromatic N) is 3. The number of likely N-dealkylation sites (N-methyl/N-ethyl adjacent to an activating group) is 1. The fraction of sp³-hybridized carbons (Fsp3) is 0.300. The van der Waals surface area contributed by atoms with Crippen molar-refractivity contribution in [3.8, 4) is 0 Å². The number of carbonyl (C=O) groups excluding carboxylic acids is 1. The molecule has 3 aromatic rings. The quantitative estimate of drug-likeness (QED) is 0.612. The zero-order valence-corrected chi connectivity index (χ0v) is 17.3. The zero-order chi connectivity index (χ0) is 20.3. The minimum atomic E-state index is -0.218. The number of rotatable bonds is 7. The van der Waals surface area contributed by atoms with Crippen molar-refractivity contribution in [3.05, 3.63) is 63.5 Å². The Morgan fingerprint density at radius 3 is 2.75 bits per heavy atom. The van der Waals surface area contributed by atoms with E-state index in [9.17, 15) is 4.79 Å². The van der Waals surface area contributed by atoms with Crippen molar-refractivity contribution < 1.29 is 9.90 Å². The molecule has 0 aliphatic heterocycles. The number of aliphatic hydroxyl groups is 1. The number of fused-ring (bicyclic) bond motifs is 1. The molecule has 0 bridgehead atoms. The van der Waals surface area contributed by atoms with Gasteiger partial charge in [0.05, 0.1) is 28.0 Å². The van der Waals surface area contributed by atoms with Gasteiger partial charge in [0.1, 0.15) is 11.3 Å². The van der Waals surface area contributed by atoms with Crippen LogP contribution in [0.25, 0.3) is 5.65 Å². The molecule has 0 saturated carbocycles. The van der Waals surface area contributed by atoms with Crippen LogP contribution < -0.4 is 10.2 Å². The van der Waals surface area contributed by atoms with Crippen LogP contribution >= 0.6 is 23.2 Å². The van der Waals surface area contributed by atoms with E-state index in [2.05, 4.69) is 10.3 Å². The standard InChI is InChI=1S/C20H22Cl2N4O2/c1-3-16-19(26-12-14(21)5-7-18(26)24-16)20(28)23-11-13-4-6-17(15(22)10-13)25(2)8-9-27/h4-7,10,12,27H,3,8-9,11H2,1-2H3,(H,23,28). The molecule has 0 fully saturated rings. The molecule has 28 heavy (non-hydrogen) atoms. The van der Waals surface area contributed by atoms with E-state index in [1.807, 2.05) is 37.1 Å². The van der Waals surface area contributed by atoms with Crippen LogP contribution in [0.2, 0.25) is 10.0 Å². The van der Waals surface area contributed by atoms with Crippen LogP contribution in [0.4, 0.5) is 5.69 Å². The number of imidazole rings is 1. The van der Waals surface area contributed by atoms with Gasteiger partial charge in [-0.25, -0.2) is 4.98 Å². The van der Waals surface area contributed by atoms with Crippen LogP contribution in [-0.4, -0.2) is 40.6 Å². The summed E-state index contributed by atoms with van der Waals surface area (Å²) in [7, 11) is 1.86. The third-order valence-corrected chi connectivity index (χ3v) is 5.04. The van der Waals surface area contributed by atoms with Crippen molar-refractivity contribution in [1.82, 2.24) is 14.7 Å². The van der Waals surface area contributed by atoms with Gasteiger partial charge >= 0.3 is 0 Å². The van der Waals surface area contributed by atoms with E-state index in [0.717, 1.165) is 16.9 Å². The molecule has 0 aliphatic rings. The number of aryl methyl sites for hydroxylation is 1. The second kappa shape index (κ2) is 8.82. The van der Waals surface area contributed by atoms with Gasteiger partial charge in [0, 0.05) is 26.3 Å². The normalized spacial score (nSPS) is 11.0. The number of aromatic nitrogens is 2. The molecule has 0 saturated heterocycles. The Morgan fingerprint density at radius 1 is 1.29 bits per heavy atom. The Labute approximate surface area is 173 Å². The first-order valence-electron chi connectivity index (χ1n) is 8.99. The average Bonchev–Trinajstić information content (AvgIpc) is 3.04. The highest BCUT2D eigenvalue weighted by molar-refractivity contribution is 6.33. The molecular weight excluding hydrogens is 399 g/mol. The van der Waals surface area contributed by atoms with E-state index in [1.54, 1.807) is 22.7 Å². The van der Waals surface area contributed by atoms with Gasteiger partial charge < -0.3 is 15.3 Å². The van der Waals surface area contributed by atoms with Crippen LogP contribution in [0, 0.1) is 0 Å². The molecule has 2 aromatic heterocycles. The SMILES string of the molecule is CCc1nc2ccc(Cl)cn2c1C(=O)NCc1ccc(N(C)CCO)c(Cl)c1. The topological polar surface area (TPSA) is 69.9 Å². The van der Waals surface area contributed by atoms with Gasteiger partial charge in [-0.15, -0.1) is 0 Å². The Balaban J connectivity index is 1.78. The van der Waals surface area contributed by atoms with E-state index in [4.69, 9.17) is 28.3 Å². The lowest BCUT2D eigenvalue weighted by atomic mass is 10.2. The largest absolute Gasteiger partial charge is 0.395 e. The van der Waals surface area contributed by atoms with Crippen LogP contribution in [-0.2, 0) is 13.0 Å². The first-order chi connectivity index (χ1) is 13.4. The second-order valence-corrected chi connectivity index (χ2v) is 7.29. The lowest BCUT2D eigenvalue weighted by Crippen LogP contribution is -2.25. The predicted octanol–water partition coefficient (Wildman–Crippen LogP) is 3.56. The summed E-state index contributed by atoms with van der Waals surface area (Å²) in [5, 5.41) is 13.1. The lowest BCUT2D eigenvalue weighted by Gasteiger charge is -2.20. The van der Waals surface area contributed by atoms with Gasteiger partial charge in [-0.2, -0.15) is 0 Å². The first kappa shape index (κ1) is 20.5.